The van der Waals surface area contributed by atoms with Crippen molar-refractivity contribution < 1.29 is 78.3 Å². The van der Waals surface area contributed by atoms with Gasteiger partial charge in [0.05, 0.1) is 57.7 Å². The van der Waals surface area contributed by atoms with Crippen molar-refractivity contribution in [1.29, 1.82) is 0 Å². The summed E-state index contributed by atoms with van der Waals surface area (Å²) in [5.74, 6) is 0. The second kappa shape index (κ2) is 45.8. The van der Waals surface area contributed by atoms with E-state index in [1.165, 1.54) is 91.4 Å². The summed E-state index contributed by atoms with van der Waals surface area (Å²) in [7, 11) is -16.9. The first-order valence-electron chi connectivity index (χ1n) is 39.7. The second-order valence-corrected chi connectivity index (χ2v) is 32.5. The fourth-order valence-corrected chi connectivity index (χ4v) is 10.8. The van der Waals surface area contributed by atoms with E-state index in [1.807, 2.05) is 161 Å². The van der Waals surface area contributed by atoms with Gasteiger partial charge < -0.3 is 18.6 Å². The molecule has 0 spiro atoms. The molecule has 6 aromatic carbocycles. The Bertz CT molecular complexity index is 3950. The van der Waals surface area contributed by atoms with Crippen molar-refractivity contribution in [3.05, 3.63) is 165 Å². The number of hydrogen-bond donors (Lipinski definition) is 1. The van der Waals surface area contributed by atoms with Gasteiger partial charge in [-0.2, -0.15) is 0 Å². The van der Waals surface area contributed by atoms with Gasteiger partial charge in [0.1, 0.15) is 0 Å². The fraction of sp³-hybridized carbons (Fsp3) is 0.493. The minimum absolute atomic E-state index is 0.296. The van der Waals surface area contributed by atoms with E-state index in [4.69, 9.17) is 44.7 Å². The molecule has 532 valence electrons. The lowest BCUT2D eigenvalue weighted by molar-refractivity contribution is 0.00578. The maximum atomic E-state index is 12.7. The van der Waals surface area contributed by atoms with E-state index < -0.39 is 133 Å². The van der Waals surface area contributed by atoms with E-state index >= 15 is 0 Å². The minimum Gasteiger partial charge on any atom is -0.399 e. The van der Waals surface area contributed by atoms with Gasteiger partial charge in [-0.05, 0) is 230 Å². The molecule has 2 aliphatic heterocycles. The molecule has 6 aromatic rings. The lowest BCUT2D eigenvalue weighted by Crippen LogP contribution is -2.41. The van der Waals surface area contributed by atoms with Crippen LogP contribution in [0.5, 0.6) is 0 Å². The highest BCUT2D eigenvalue weighted by atomic mass is 79.9. The van der Waals surface area contributed by atoms with E-state index in [1.54, 1.807) is 43.0 Å². The van der Waals surface area contributed by atoms with Crippen molar-refractivity contribution in [2.24, 2.45) is 0 Å². The highest BCUT2D eigenvalue weighted by Gasteiger charge is 2.53. The quantitative estimate of drug-likeness (QED) is 0.0780. The number of aryl methyl sites for hydroxylation is 1. The molecular weight excluding hydrogens is 1500 g/mol. The average molecular weight is 1630 g/mol. The number of rotatable bonds is 10. The van der Waals surface area contributed by atoms with Crippen molar-refractivity contribution in [2.45, 2.75) is 248 Å². The first-order valence-corrected chi connectivity index (χ1v) is 40.2. The maximum Gasteiger partial charge on any atom is 0.494 e. The van der Waals surface area contributed by atoms with Gasteiger partial charge in [-0.15, -0.1) is 24.4 Å². The van der Waals surface area contributed by atoms with Crippen molar-refractivity contribution in [3.8, 4) is 0 Å². The second-order valence-electron chi connectivity index (χ2n) is 20.3. The Hall–Kier alpha value is -2.77. The van der Waals surface area contributed by atoms with Crippen LogP contribution in [0.25, 0.3) is 0 Å². The van der Waals surface area contributed by atoms with Gasteiger partial charge in [0.15, 0.2) is 39.3 Å². The summed E-state index contributed by atoms with van der Waals surface area (Å²) in [6.07, 6.45) is 3.26. The molecule has 2 fully saturated rings. The van der Waals surface area contributed by atoms with Gasteiger partial charge in [0.2, 0.25) is 0 Å². The van der Waals surface area contributed by atoms with Gasteiger partial charge in [-0.1, -0.05) is 166 Å². The molecule has 23 heteroatoms. The normalized spacial score (nSPS) is 18.1. The molecule has 0 radical (unpaired) electrons. The zero-order chi connectivity index (χ0) is 90.3. The molecule has 2 heterocycles. The standard InChI is InChI=1S/2C15H23BO4S.C10H14O2S.C7H7BrO2S.C7H7BrS.C6H5BrS.5C2H6.CH4/c2*1-11(2)21(17,18)13-9-7-12(8-10-13)16-19-14(3,4)15(5,6)20-16;1-8(2)13(11,12)10-6-4-9(3)5-7-10;1-11(9,10)7-4-2-6(8)3-5-7;1-9-7-4-2-6(8)3-5-7;7-5-1-3-6(8)4-2-5;5*1-2;/h2*7-11H,1-6H3;4-8H,1-3H3;2-5H,1H3;2-5H,1H3;1-4,8H;5*1-2H3;1H4/i3*1D3,2D3;;;;;;;;;1D. The van der Waals surface area contributed by atoms with Crippen LogP contribution in [0.1, 0.15) is 205 Å². The molecule has 0 bridgehead atoms. The predicted molar refractivity (Wildman–Crippen MR) is 421 cm³/mol. The average Bonchev–Trinajstić information content (AvgIpc) is 1.72. The van der Waals surface area contributed by atoms with Crippen LogP contribution in [0, 0.1) is 6.92 Å². The number of benzene rings is 6. The summed E-state index contributed by atoms with van der Waals surface area (Å²) < 4.78 is 261. The van der Waals surface area contributed by atoms with Crippen LogP contribution in [0.3, 0.4) is 0 Å². The molecular formula is C71H113B2Br3O12S6. The highest BCUT2D eigenvalue weighted by molar-refractivity contribution is 9.11. The predicted octanol–water partition coefficient (Wildman–Crippen LogP) is 20.0. The van der Waals surface area contributed by atoms with E-state index in [-0.39, 0.29) is 14.7 Å². The smallest absolute Gasteiger partial charge is 0.399 e. The van der Waals surface area contributed by atoms with Crippen molar-refractivity contribution in [2.75, 3.05) is 12.5 Å². The van der Waals surface area contributed by atoms with Crippen LogP contribution in [0.4, 0.5) is 0 Å². The first-order chi connectivity index (χ1) is 51.3. The fourth-order valence-electron chi connectivity index (χ4n) is 6.42. The molecule has 0 aromatic heterocycles. The number of thioether (sulfide) groups is 1. The topological polar surface area (TPSA) is 173 Å². The molecule has 0 unspecified atom stereocenters. The molecule has 0 N–H and O–H groups in total. The molecule has 0 aliphatic carbocycles. The summed E-state index contributed by atoms with van der Waals surface area (Å²) in [5, 5.41) is -7.42. The molecule has 2 aliphatic rings. The van der Waals surface area contributed by atoms with Crippen molar-refractivity contribution in [3.63, 3.8) is 0 Å². The zero-order valence-corrected chi connectivity index (χ0v) is 68.0. The van der Waals surface area contributed by atoms with Gasteiger partial charge in [-0.3, -0.25) is 0 Å². The SMILES string of the molecule is CC.CC.CC.CC.CC.CS(=O)(=O)c1ccc(Br)cc1.CSc1ccc(Br)cc1.Sc1ccc(Br)cc1.[2H]C.[2H]C([2H])([2H])C(C([2H])([2H])[2H])S(=O)(=O)c1ccc(B2OC(C)(C)C(C)(C)O2)cc1.[2H]C([2H])([2H])C(C([2H])([2H])[2H])S(=O)(=O)c1ccc(B2OC(C)(C)C(C)(C)O2)cc1.[2H]C([2H])([2H])C(C([2H])([2H])[2H])S(=O)(=O)c1ccc(C)cc1. The van der Waals surface area contributed by atoms with E-state index in [0.29, 0.717) is 15.8 Å². The third kappa shape index (κ3) is 32.0. The number of thiol groups is 1. The molecule has 94 heavy (non-hydrogen) atoms. The maximum absolute atomic E-state index is 12.7. The molecule has 12 nitrogen and oxygen atoms in total. The molecule has 0 amide bonds. The van der Waals surface area contributed by atoms with E-state index in [0.717, 1.165) is 23.9 Å². The Balaban J connectivity index is -0.000000642. The van der Waals surface area contributed by atoms with Gasteiger partial charge in [0, 0.05) is 55.5 Å². The van der Waals surface area contributed by atoms with Gasteiger partial charge in [0.25, 0.3) is 0 Å². The van der Waals surface area contributed by atoms with E-state index in [9.17, 15) is 33.7 Å². The molecule has 0 atom stereocenters. The van der Waals surface area contributed by atoms with Gasteiger partial charge in [-0.25, -0.2) is 33.7 Å². The number of hydrogen-bond acceptors (Lipinski definition) is 14. The Morgan fingerprint density at radius 3 is 0.862 bits per heavy atom. The number of sulfone groups is 4. The van der Waals surface area contributed by atoms with Gasteiger partial charge >= 0.3 is 14.2 Å². The minimum atomic E-state index is -4.61. The van der Waals surface area contributed by atoms with Crippen LogP contribution in [0.15, 0.2) is 188 Å². The Kier molecular flexibility index (Phi) is 32.1. The van der Waals surface area contributed by atoms with Crippen LogP contribution in [0.2, 0.25) is 0 Å². The summed E-state index contributed by atoms with van der Waals surface area (Å²) in [6, 6.07) is 38.5. The zero-order valence-electron chi connectivity index (χ0n) is 77.3. The molecule has 8 rings (SSSR count). The van der Waals surface area contributed by atoms with Crippen LogP contribution in [-0.4, -0.2) is 98.6 Å². The lowest BCUT2D eigenvalue weighted by atomic mass is 9.79. The summed E-state index contributed by atoms with van der Waals surface area (Å²) >= 11 is 15.8. The third-order valence-electron chi connectivity index (χ3n) is 12.9. The largest absolute Gasteiger partial charge is 0.494 e. The highest BCUT2D eigenvalue weighted by Crippen LogP contribution is 2.38. The summed E-state index contributed by atoms with van der Waals surface area (Å²) in [5.41, 5.74) is -0.407. The molecule has 0 saturated carbocycles. The Morgan fingerprint density at radius 1 is 0.415 bits per heavy atom. The van der Waals surface area contributed by atoms with Crippen LogP contribution < -0.4 is 10.9 Å². The Morgan fingerprint density at radius 2 is 0.638 bits per heavy atom. The first kappa shape index (κ1) is 65.8. The van der Waals surface area contributed by atoms with Crippen molar-refractivity contribution >= 4 is 137 Å². The summed E-state index contributed by atoms with van der Waals surface area (Å²) in [6.45, 7) is 17.8. The Labute approximate surface area is 635 Å². The van der Waals surface area contributed by atoms with Crippen LogP contribution >= 0.6 is 72.2 Å². The lowest BCUT2D eigenvalue weighted by Gasteiger charge is -2.32. The van der Waals surface area contributed by atoms with Crippen LogP contribution in [-0.2, 0) is 58.0 Å². The molecule has 2 saturated heterocycles. The van der Waals surface area contributed by atoms with E-state index in [2.05, 4.69) is 78.8 Å². The summed E-state index contributed by atoms with van der Waals surface area (Å²) in [4.78, 5) is 1.60. The number of halogens is 3. The third-order valence-corrected chi connectivity index (χ3v) is 21.3. The monoisotopic (exact) mass is 1630 g/mol. The van der Waals surface area contributed by atoms with Crippen molar-refractivity contribution in [1.82, 2.24) is 0 Å².